The lowest BCUT2D eigenvalue weighted by Gasteiger charge is -2.32. The normalized spacial score (nSPS) is 34.2. The van der Waals surface area contributed by atoms with E-state index in [9.17, 15) is 0 Å². The van der Waals surface area contributed by atoms with Crippen LogP contribution in [0.25, 0.3) is 0 Å². The van der Waals surface area contributed by atoms with Crippen LogP contribution in [0.1, 0.15) is 44.9 Å². The standard InChI is InChI=1S/C18H27N3/c19-17(14-7-2-1-3-8-14)21-18(20)16-11-10-13-6-4-5-9-15(13)12-16/h2,4,6-7,12-15,18H,1,3,5,8-11,20H2,(H2,19,21). The SMILES string of the molecule is NC(=NC(N)C1=CC2CCC=CC2CC1)C1C=CCCC1. The predicted octanol–water partition coefficient (Wildman–Crippen LogP) is 3.29. The fourth-order valence-corrected chi connectivity index (χ4v) is 3.77. The fourth-order valence-electron chi connectivity index (χ4n) is 3.77. The number of hydrogen-bond donors (Lipinski definition) is 2. The van der Waals surface area contributed by atoms with Gasteiger partial charge in [-0.25, -0.2) is 4.99 Å². The summed E-state index contributed by atoms with van der Waals surface area (Å²) in [6.07, 6.45) is 19.4. The molecule has 0 saturated carbocycles. The van der Waals surface area contributed by atoms with Gasteiger partial charge in [-0.05, 0) is 62.4 Å². The third-order valence-electron chi connectivity index (χ3n) is 5.10. The van der Waals surface area contributed by atoms with Gasteiger partial charge in [-0.3, -0.25) is 0 Å². The number of fused-ring (bicyclic) bond motifs is 1. The van der Waals surface area contributed by atoms with Crippen LogP contribution < -0.4 is 11.5 Å². The number of allylic oxidation sites excluding steroid dienone is 4. The van der Waals surface area contributed by atoms with Crippen LogP contribution in [0.4, 0.5) is 0 Å². The molecule has 0 heterocycles. The minimum Gasteiger partial charge on any atom is -0.387 e. The van der Waals surface area contributed by atoms with E-state index in [1.54, 1.807) is 0 Å². The molecule has 0 aromatic rings. The summed E-state index contributed by atoms with van der Waals surface area (Å²) in [6.45, 7) is 0. The molecule has 0 aromatic heterocycles. The van der Waals surface area contributed by atoms with Crippen LogP contribution in [0.3, 0.4) is 0 Å². The molecule has 0 saturated heterocycles. The molecule has 3 heteroatoms. The monoisotopic (exact) mass is 285 g/mol. The van der Waals surface area contributed by atoms with Crippen LogP contribution in [-0.2, 0) is 0 Å². The lowest BCUT2D eigenvalue weighted by molar-refractivity contribution is 0.377. The van der Waals surface area contributed by atoms with Crippen molar-refractivity contribution in [3.05, 3.63) is 36.0 Å². The van der Waals surface area contributed by atoms with Crippen molar-refractivity contribution < 1.29 is 0 Å². The van der Waals surface area contributed by atoms with Crippen molar-refractivity contribution in [3.63, 3.8) is 0 Å². The summed E-state index contributed by atoms with van der Waals surface area (Å²) < 4.78 is 0. The van der Waals surface area contributed by atoms with Gasteiger partial charge in [-0.15, -0.1) is 0 Å². The molecule has 3 aliphatic rings. The smallest absolute Gasteiger partial charge is 0.121 e. The van der Waals surface area contributed by atoms with E-state index in [1.165, 1.54) is 31.3 Å². The number of nitrogens with two attached hydrogens (primary N) is 2. The summed E-state index contributed by atoms with van der Waals surface area (Å²) in [6, 6.07) is 0. The van der Waals surface area contributed by atoms with Gasteiger partial charge in [0, 0.05) is 5.92 Å². The first kappa shape index (κ1) is 14.6. The second-order valence-electron chi connectivity index (χ2n) is 6.58. The van der Waals surface area contributed by atoms with Crippen LogP contribution in [0.5, 0.6) is 0 Å². The van der Waals surface area contributed by atoms with Gasteiger partial charge in [-0.1, -0.05) is 30.4 Å². The molecule has 4 unspecified atom stereocenters. The first-order chi connectivity index (χ1) is 10.2. The summed E-state index contributed by atoms with van der Waals surface area (Å²) in [5, 5.41) is 0. The highest BCUT2D eigenvalue weighted by atomic mass is 15.0. The number of aliphatic imine (C=N–C) groups is 1. The highest BCUT2D eigenvalue weighted by Gasteiger charge is 2.26. The van der Waals surface area contributed by atoms with Crippen LogP contribution in [-0.4, -0.2) is 12.0 Å². The van der Waals surface area contributed by atoms with Crippen molar-refractivity contribution >= 4 is 5.84 Å². The minimum absolute atomic E-state index is 0.243. The molecular weight excluding hydrogens is 258 g/mol. The van der Waals surface area contributed by atoms with E-state index < -0.39 is 0 Å². The Kier molecular flexibility index (Phi) is 4.59. The van der Waals surface area contributed by atoms with Crippen molar-refractivity contribution in [2.45, 2.75) is 51.1 Å². The zero-order valence-corrected chi connectivity index (χ0v) is 12.7. The maximum absolute atomic E-state index is 6.30. The Bertz CT molecular complexity index is 487. The van der Waals surface area contributed by atoms with Crippen LogP contribution >= 0.6 is 0 Å². The van der Waals surface area contributed by atoms with Gasteiger partial charge >= 0.3 is 0 Å². The highest BCUT2D eigenvalue weighted by molar-refractivity contribution is 5.84. The van der Waals surface area contributed by atoms with Gasteiger partial charge in [0.15, 0.2) is 0 Å². The molecule has 3 nitrogen and oxygen atoms in total. The van der Waals surface area contributed by atoms with Crippen molar-refractivity contribution in [1.82, 2.24) is 0 Å². The van der Waals surface area contributed by atoms with Gasteiger partial charge in [0.1, 0.15) is 12.0 Å². The minimum atomic E-state index is -0.243. The van der Waals surface area contributed by atoms with E-state index in [2.05, 4.69) is 35.4 Å². The van der Waals surface area contributed by atoms with Crippen LogP contribution in [0, 0.1) is 17.8 Å². The quantitative estimate of drug-likeness (QED) is 0.475. The second-order valence-corrected chi connectivity index (χ2v) is 6.58. The van der Waals surface area contributed by atoms with Gasteiger partial charge < -0.3 is 11.5 Å². The number of nitrogens with zero attached hydrogens (tertiary/aromatic N) is 1. The maximum atomic E-state index is 6.30. The van der Waals surface area contributed by atoms with Gasteiger partial charge in [0.2, 0.25) is 0 Å². The number of hydrogen-bond acceptors (Lipinski definition) is 2. The maximum Gasteiger partial charge on any atom is 0.121 e. The molecule has 0 radical (unpaired) electrons. The topological polar surface area (TPSA) is 64.4 Å². The average Bonchev–Trinajstić information content (AvgIpc) is 2.55. The molecule has 4 N–H and O–H groups in total. The van der Waals surface area contributed by atoms with Crippen LogP contribution in [0.15, 0.2) is 40.9 Å². The Morgan fingerprint density at radius 2 is 1.95 bits per heavy atom. The van der Waals surface area contributed by atoms with Crippen molar-refractivity contribution in [2.75, 3.05) is 0 Å². The largest absolute Gasteiger partial charge is 0.387 e. The summed E-state index contributed by atoms with van der Waals surface area (Å²) in [5.41, 5.74) is 13.8. The van der Waals surface area contributed by atoms with Crippen molar-refractivity contribution in [2.24, 2.45) is 34.2 Å². The molecule has 114 valence electrons. The van der Waals surface area contributed by atoms with E-state index in [0.29, 0.717) is 17.7 Å². The first-order valence-corrected chi connectivity index (χ1v) is 8.36. The van der Waals surface area contributed by atoms with Gasteiger partial charge in [0.25, 0.3) is 0 Å². The van der Waals surface area contributed by atoms with Crippen LogP contribution in [0.2, 0.25) is 0 Å². The zero-order valence-electron chi connectivity index (χ0n) is 12.7. The average molecular weight is 285 g/mol. The molecule has 21 heavy (non-hydrogen) atoms. The summed E-state index contributed by atoms with van der Waals surface area (Å²) in [5.74, 6) is 2.39. The van der Waals surface area contributed by atoms with Gasteiger partial charge in [0.05, 0.1) is 0 Å². The van der Waals surface area contributed by atoms with E-state index in [0.717, 1.165) is 25.2 Å². The Hall–Kier alpha value is -1.35. The molecule has 0 fully saturated rings. The Balaban J connectivity index is 1.68. The van der Waals surface area contributed by atoms with E-state index in [1.807, 2.05) is 0 Å². The molecule has 0 aromatic carbocycles. The van der Waals surface area contributed by atoms with Gasteiger partial charge in [-0.2, -0.15) is 0 Å². The molecule has 0 bridgehead atoms. The third-order valence-corrected chi connectivity index (χ3v) is 5.10. The predicted molar refractivity (Wildman–Crippen MR) is 88.7 cm³/mol. The molecule has 0 spiro atoms. The Labute approximate surface area is 127 Å². The molecule has 3 rings (SSSR count). The molecule has 3 aliphatic carbocycles. The lowest BCUT2D eigenvalue weighted by Crippen LogP contribution is -2.32. The lowest BCUT2D eigenvalue weighted by atomic mass is 9.75. The van der Waals surface area contributed by atoms with E-state index >= 15 is 0 Å². The molecule has 0 aliphatic heterocycles. The summed E-state index contributed by atoms with van der Waals surface area (Å²) >= 11 is 0. The van der Waals surface area contributed by atoms with E-state index in [-0.39, 0.29) is 6.17 Å². The van der Waals surface area contributed by atoms with E-state index in [4.69, 9.17) is 11.5 Å². The zero-order chi connectivity index (χ0) is 14.7. The van der Waals surface area contributed by atoms with Crippen molar-refractivity contribution in [3.8, 4) is 0 Å². The Morgan fingerprint density at radius 3 is 2.76 bits per heavy atom. The van der Waals surface area contributed by atoms with Crippen molar-refractivity contribution in [1.29, 1.82) is 0 Å². The number of rotatable bonds is 3. The summed E-state index contributed by atoms with van der Waals surface area (Å²) in [7, 11) is 0. The third kappa shape index (κ3) is 3.46. The highest BCUT2D eigenvalue weighted by Crippen LogP contribution is 2.36. The second kappa shape index (κ2) is 6.61. The first-order valence-electron chi connectivity index (χ1n) is 8.36. The number of amidine groups is 1. The summed E-state index contributed by atoms with van der Waals surface area (Å²) in [4.78, 5) is 4.60. The Morgan fingerprint density at radius 1 is 1.10 bits per heavy atom. The fraction of sp³-hybridized carbons (Fsp3) is 0.611. The molecule has 4 atom stereocenters. The molecular formula is C18H27N3. The molecule has 0 amide bonds.